The Morgan fingerprint density at radius 3 is 2.38 bits per heavy atom. The zero-order valence-corrected chi connectivity index (χ0v) is 15.7. The van der Waals surface area contributed by atoms with Crippen LogP contribution in [0.1, 0.15) is 22.3 Å². The van der Waals surface area contributed by atoms with Crippen LogP contribution in [0.4, 0.5) is 0 Å². The predicted molar refractivity (Wildman–Crippen MR) is 101 cm³/mol. The first kappa shape index (κ1) is 16.9. The third kappa shape index (κ3) is 3.77. The Balaban J connectivity index is 1.90. The normalized spacial score (nSPS) is 11.4. The van der Waals surface area contributed by atoms with Crippen LogP contribution in [0.3, 0.4) is 0 Å². The van der Waals surface area contributed by atoms with Crippen LogP contribution in [0.2, 0.25) is 0 Å². The fraction of sp³-hybridized carbons (Fsp3) is 0.250. The van der Waals surface area contributed by atoms with E-state index < -0.39 is 0 Å². The van der Waals surface area contributed by atoms with Gasteiger partial charge in [-0.05, 0) is 67.4 Å². The Bertz CT molecular complexity index is 929. The maximum absolute atomic E-state index is 11.9. The van der Waals surface area contributed by atoms with E-state index in [1.165, 1.54) is 11.1 Å². The molecule has 3 rings (SSSR count). The molecule has 0 unspecified atom stereocenters. The van der Waals surface area contributed by atoms with Crippen molar-refractivity contribution in [1.29, 1.82) is 0 Å². The summed E-state index contributed by atoms with van der Waals surface area (Å²) in [6.07, 6.45) is 0. The van der Waals surface area contributed by atoms with Crippen molar-refractivity contribution in [2.45, 2.75) is 26.9 Å². The first-order chi connectivity index (χ1) is 11.4. The molecule has 0 saturated heterocycles. The molecule has 0 saturated carbocycles. The van der Waals surface area contributed by atoms with Crippen LogP contribution in [0.5, 0.6) is 0 Å². The van der Waals surface area contributed by atoms with Gasteiger partial charge in [0.25, 0.3) is 0 Å². The molecule has 0 atom stereocenters. The van der Waals surface area contributed by atoms with Crippen LogP contribution in [0.15, 0.2) is 56.1 Å². The van der Waals surface area contributed by atoms with E-state index in [4.69, 9.17) is 4.42 Å². The lowest BCUT2D eigenvalue weighted by molar-refractivity contribution is 0.319. The molecule has 3 nitrogen and oxygen atoms in total. The molecule has 1 heterocycles. The minimum atomic E-state index is -0.294. The van der Waals surface area contributed by atoms with Crippen LogP contribution in [0.25, 0.3) is 11.0 Å². The fourth-order valence-electron chi connectivity index (χ4n) is 2.86. The van der Waals surface area contributed by atoms with Gasteiger partial charge < -0.3 is 4.42 Å². The van der Waals surface area contributed by atoms with Gasteiger partial charge in [0.1, 0.15) is 5.58 Å². The minimum Gasteiger partial charge on any atom is -0.423 e. The summed E-state index contributed by atoms with van der Waals surface area (Å²) in [6.45, 7) is 5.62. The Kier molecular flexibility index (Phi) is 4.88. The van der Waals surface area contributed by atoms with E-state index in [0.717, 1.165) is 27.5 Å². The molecule has 2 aromatic carbocycles. The molecule has 0 aliphatic carbocycles. The van der Waals surface area contributed by atoms with Crippen molar-refractivity contribution in [3.8, 4) is 0 Å². The summed E-state index contributed by atoms with van der Waals surface area (Å²) in [5.74, 6) is 0. The Morgan fingerprint density at radius 1 is 1.00 bits per heavy atom. The van der Waals surface area contributed by atoms with Gasteiger partial charge in [-0.1, -0.05) is 28.1 Å². The Labute approximate surface area is 150 Å². The molecule has 3 aromatic rings. The van der Waals surface area contributed by atoms with Gasteiger partial charge >= 0.3 is 5.63 Å². The van der Waals surface area contributed by atoms with E-state index in [1.54, 1.807) is 6.07 Å². The number of benzene rings is 2. The maximum atomic E-state index is 11.9. The predicted octanol–water partition coefficient (Wildman–Crippen LogP) is 4.80. The molecule has 0 bridgehead atoms. The average Bonchev–Trinajstić information content (AvgIpc) is 2.51. The first-order valence-electron chi connectivity index (χ1n) is 7.89. The molecule has 0 aliphatic rings. The van der Waals surface area contributed by atoms with E-state index >= 15 is 0 Å². The summed E-state index contributed by atoms with van der Waals surface area (Å²) in [5.41, 5.74) is 4.94. The van der Waals surface area contributed by atoms with E-state index in [1.807, 2.05) is 25.1 Å². The summed E-state index contributed by atoms with van der Waals surface area (Å²) < 4.78 is 6.45. The second-order valence-electron chi connectivity index (χ2n) is 6.32. The summed E-state index contributed by atoms with van der Waals surface area (Å²) in [5, 5.41) is 1.01. The molecule has 4 heteroatoms. The lowest BCUT2D eigenvalue weighted by atomic mass is 10.0. The maximum Gasteiger partial charge on any atom is 0.336 e. The van der Waals surface area contributed by atoms with Gasteiger partial charge in [0.15, 0.2) is 0 Å². The van der Waals surface area contributed by atoms with Crippen LogP contribution < -0.4 is 5.63 Å². The van der Waals surface area contributed by atoms with E-state index in [2.05, 4.69) is 53.0 Å². The molecule has 0 N–H and O–H groups in total. The van der Waals surface area contributed by atoms with Crippen LogP contribution in [-0.4, -0.2) is 11.9 Å². The Morgan fingerprint density at radius 2 is 1.67 bits per heavy atom. The van der Waals surface area contributed by atoms with Crippen molar-refractivity contribution in [1.82, 2.24) is 4.90 Å². The summed E-state index contributed by atoms with van der Waals surface area (Å²) >= 11 is 3.45. The van der Waals surface area contributed by atoms with E-state index in [-0.39, 0.29) is 5.63 Å². The van der Waals surface area contributed by atoms with Crippen molar-refractivity contribution in [3.05, 3.63) is 79.6 Å². The second-order valence-corrected chi connectivity index (χ2v) is 7.24. The highest BCUT2D eigenvalue weighted by Gasteiger charge is 2.10. The van der Waals surface area contributed by atoms with Gasteiger partial charge in [0.05, 0.1) is 0 Å². The van der Waals surface area contributed by atoms with Crippen molar-refractivity contribution in [2.24, 2.45) is 0 Å². The number of hydrogen-bond donors (Lipinski definition) is 0. The van der Waals surface area contributed by atoms with Gasteiger partial charge in [-0.15, -0.1) is 0 Å². The van der Waals surface area contributed by atoms with Gasteiger partial charge in [0, 0.05) is 29.0 Å². The molecule has 1 aromatic heterocycles. The molecule has 0 fully saturated rings. The molecular weight excluding hydrogens is 366 g/mol. The van der Waals surface area contributed by atoms with Crippen molar-refractivity contribution >= 4 is 26.9 Å². The topological polar surface area (TPSA) is 33.5 Å². The SMILES string of the molecule is Cc1cc2oc(=O)cc(CN(C)Cc3ccc(Br)cc3)c2cc1C. The van der Waals surface area contributed by atoms with Crippen molar-refractivity contribution < 1.29 is 4.42 Å². The van der Waals surface area contributed by atoms with Crippen LogP contribution in [0, 0.1) is 13.8 Å². The van der Waals surface area contributed by atoms with Gasteiger partial charge in [-0.25, -0.2) is 4.79 Å². The van der Waals surface area contributed by atoms with Crippen molar-refractivity contribution in [3.63, 3.8) is 0 Å². The van der Waals surface area contributed by atoms with Crippen molar-refractivity contribution in [2.75, 3.05) is 7.05 Å². The minimum absolute atomic E-state index is 0.294. The number of halogens is 1. The number of fused-ring (bicyclic) bond motifs is 1. The molecule has 124 valence electrons. The number of hydrogen-bond acceptors (Lipinski definition) is 3. The quantitative estimate of drug-likeness (QED) is 0.604. The lowest BCUT2D eigenvalue weighted by Crippen LogP contribution is -2.18. The average molecular weight is 386 g/mol. The highest BCUT2D eigenvalue weighted by molar-refractivity contribution is 9.10. The van der Waals surface area contributed by atoms with Gasteiger partial charge in [-0.3, -0.25) is 4.90 Å². The summed E-state index contributed by atoms with van der Waals surface area (Å²) in [4.78, 5) is 14.1. The molecule has 0 aliphatic heterocycles. The summed E-state index contributed by atoms with van der Waals surface area (Å²) in [6, 6.07) is 14.0. The van der Waals surface area contributed by atoms with Gasteiger partial charge in [-0.2, -0.15) is 0 Å². The molecule has 0 spiro atoms. The largest absolute Gasteiger partial charge is 0.423 e. The van der Waals surface area contributed by atoms with Crippen LogP contribution in [-0.2, 0) is 13.1 Å². The van der Waals surface area contributed by atoms with Crippen LogP contribution >= 0.6 is 15.9 Å². The number of rotatable bonds is 4. The molecule has 0 radical (unpaired) electrons. The second kappa shape index (κ2) is 6.91. The monoisotopic (exact) mass is 385 g/mol. The standard InChI is InChI=1S/C20H20BrNO2/c1-13-8-18-16(10-20(23)24-19(18)9-14(13)2)12-22(3)11-15-4-6-17(21)7-5-15/h4-10H,11-12H2,1-3H3. The van der Waals surface area contributed by atoms with E-state index in [9.17, 15) is 4.79 Å². The molecule has 0 amide bonds. The number of nitrogens with zero attached hydrogens (tertiary/aromatic N) is 1. The van der Waals surface area contributed by atoms with Gasteiger partial charge in [0.2, 0.25) is 0 Å². The zero-order chi connectivity index (χ0) is 17.3. The molecular formula is C20H20BrNO2. The first-order valence-corrected chi connectivity index (χ1v) is 8.68. The Hall–Kier alpha value is -1.91. The lowest BCUT2D eigenvalue weighted by Gasteiger charge is -2.18. The number of aryl methyl sites for hydroxylation is 2. The fourth-order valence-corrected chi connectivity index (χ4v) is 3.13. The zero-order valence-electron chi connectivity index (χ0n) is 14.1. The molecule has 24 heavy (non-hydrogen) atoms. The third-order valence-electron chi connectivity index (χ3n) is 4.25. The highest BCUT2D eigenvalue weighted by atomic mass is 79.9. The smallest absolute Gasteiger partial charge is 0.336 e. The summed E-state index contributed by atoms with van der Waals surface area (Å²) in [7, 11) is 2.06. The van der Waals surface area contributed by atoms with E-state index in [0.29, 0.717) is 12.1 Å². The highest BCUT2D eigenvalue weighted by Crippen LogP contribution is 2.23. The third-order valence-corrected chi connectivity index (χ3v) is 4.78.